The van der Waals surface area contributed by atoms with Crippen molar-refractivity contribution in [2.75, 3.05) is 5.32 Å². The molecule has 0 saturated heterocycles. The zero-order valence-electron chi connectivity index (χ0n) is 14.9. The minimum Gasteiger partial charge on any atom is -0.325 e. The van der Waals surface area contributed by atoms with Gasteiger partial charge in [-0.25, -0.2) is 4.98 Å². The quantitative estimate of drug-likeness (QED) is 0.769. The van der Waals surface area contributed by atoms with Gasteiger partial charge in [0, 0.05) is 23.0 Å². The standard InChI is InChI=1S/C21H21N3O2/c1-3-17-13-20(26)24(21(23-17)16-7-5-4-6-8-16)14-19(25)22-18-11-9-15(2)10-12-18/h4-13H,3,14H2,1-2H3,(H,22,25). The highest BCUT2D eigenvalue weighted by Gasteiger charge is 2.13. The Morgan fingerprint density at radius 1 is 1.08 bits per heavy atom. The largest absolute Gasteiger partial charge is 0.325 e. The molecule has 0 fully saturated rings. The van der Waals surface area contributed by atoms with Crippen LogP contribution in [0.1, 0.15) is 18.2 Å². The Hall–Kier alpha value is -3.21. The Kier molecular flexibility index (Phi) is 5.27. The van der Waals surface area contributed by atoms with Crippen LogP contribution < -0.4 is 10.9 Å². The molecular weight excluding hydrogens is 326 g/mol. The third kappa shape index (κ3) is 4.06. The van der Waals surface area contributed by atoms with E-state index >= 15 is 0 Å². The maximum atomic E-state index is 12.6. The molecule has 0 aliphatic rings. The van der Waals surface area contributed by atoms with E-state index < -0.39 is 0 Å². The summed E-state index contributed by atoms with van der Waals surface area (Å²) in [5, 5.41) is 2.83. The number of aryl methyl sites for hydroxylation is 2. The van der Waals surface area contributed by atoms with E-state index in [-0.39, 0.29) is 18.0 Å². The summed E-state index contributed by atoms with van der Waals surface area (Å²) >= 11 is 0. The molecule has 0 bridgehead atoms. The Balaban J connectivity index is 1.92. The summed E-state index contributed by atoms with van der Waals surface area (Å²) in [6.45, 7) is 3.84. The number of amides is 1. The minimum atomic E-state index is -0.265. The molecule has 1 amide bonds. The molecule has 0 spiro atoms. The number of hydrogen-bond donors (Lipinski definition) is 1. The molecule has 1 heterocycles. The molecule has 1 N–H and O–H groups in total. The lowest BCUT2D eigenvalue weighted by atomic mass is 10.2. The maximum absolute atomic E-state index is 12.6. The Bertz CT molecular complexity index is 961. The van der Waals surface area contributed by atoms with Gasteiger partial charge in [0.2, 0.25) is 5.91 Å². The molecule has 5 nitrogen and oxygen atoms in total. The lowest BCUT2D eigenvalue weighted by molar-refractivity contribution is -0.116. The number of anilines is 1. The first kappa shape index (κ1) is 17.6. The van der Waals surface area contributed by atoms with Crippen LogP contribution in [0.2, 0.25) is 0 Å². The Labute approximate surface area is 152 Å². The van der Waals surface area contributed by atoms with Crippen molar-refractivity contribution in [3.05, 3.63) is 82.3 Å². The second kappa shape index (κ2) is 7.78. The lowest BCUT2D eigenvalue weighted by Crippen LogP contribution is -2.30. The number of nitrogens with one attached hydrogen (secondary N) is 1. The van der Waals surface area contributed by atoms with E-state index in [0.717, 1.165) is 11.1 Å². The summed E-state index contributed by atoms with van der Waals surface area (Å²) in [5.74, 6) is 0.244. The van der Waals surface area contributed by atoms with Gasteiger partial charge in [0.05, 0.1) is 0 Å². The van der Waals surface area contributed by atoms with Crippen LogP contribution in [0.25, 0.3) is 11.4 Å². The van der Waals surface area contributed by atoms with Crippen LogP contribution in [0.15, 0.2) is 65.5 Å². The third-order valence-electron chi connectivity index (χ3n) is 4.09. The van der Waals surface area contributed by atoms with Gasteiger partial charge in [-0.05, 0) is 25.5 Å². The second-order valence-electron chi connectivity index (χ2n) is 6.13. The molecular formula is C21H21N3O2. The minimum absolute atomic E-state index is 0.0894. The molecule has 5 heteroatoms. The normalized spacial score (nSPS) is 10.5. The van der Waals surface area contributed by atoms with Crippen LogP contribution in [0, 0.1) is 6.92 Å². The Morgan fingerprint density at radius 3 is 2.42 bits per heavy atom. The van der Waals surface area contributed by atoms with Crippen molar-refractivity contribution in [1.29, 1.82) is 0 Å². The highest BCUT2D eigenvalue weighted by Crippen LogP contribution is 2.16. The average Bonchev–Trinajstić information content (AvgIpc) is 2.65. The number of aromatic nitrogens is 2. The molecule has 26 heavy (non-hydrogen) atoms. The van der Waals surface area contributed by atoms with Crippen molar-refractivity contribution in [3.8, 4) is 11.4 Å². The van der Waals surface area contributed by atoms with Gasteiger partial charge in [-0.15, -0.1) is 0 Å². The van der Waals surface area contributed by atoms with E-state index in [1.54, 1.807) is 0 Å². The van der Waals surface area contributed by atoms with E-state index in [0.29, 0.717) is 23.6 Å². The molecule has 0 atom stereocenters. The Morgan fingerprint density at radius 2 is 1.77 bits per heavy atom. The molecule has 1 aromatic heterocycles. The fourth-order valence-electron chi connectivity index (χ4n) is 2.68. The first-order valence-corrected chi connectivity index (χ1v) is 8.59. The van der Waals surface area contributed by atoms with Gasteiger partial charge in [-0.1, -0.05) is 55.0 Å². The van der Waals surface area contributed by atoms with Gasteiger partial charge in [0.25, 0.3) is 5.56 Å². The van der Waals surface area contributed by atoms with Crippen LogP contribution >= 0.6 is 0 Å². The predicted molar refractivity (Wildman–Crippen MR) is 103 cm³/mol. The number of nitrogens with zero attached hydrogens (tertiary/aromatic N) is 2. The van der Waals surface area contributed by atoms with Gasteiger partial charge in [0.15, 0.2) is 0 Å². The fraction of sp³-hybridized carbons (Fsp3) is 0.190. The summed E-state index contributed by atoms with van der Waals surface area (Å²) in [5.41, 5.74) is 3.11. The number of rotatable bonds is 5. The molecule has 132 valence electrons. The van der Waals surface area contributed by atoms with Crippen LogP contribution in [-0.4, -0.2) is 15.5 Å². The van der Waals surface area contributed by atoms with Gasteiger partial charge in [-0.2, -0.15) is 0 Å². The van der Waals surface area contributed by atoms with E-state index in [9.17, 15) is 9.59 Å². The maximum Gasteiger partial charge on any atom is 0.254 e. The van der Waals surface area contributed by atoms with Crippen LogP contribution in [0.4, 0.5) is 5.69 Å². The van der Waals surface area contributed by atoms with Gasteiger partial charge in [-0.3, -0.25) is 14.2 Å². The third-order valence-corrected chi connectivity index (χ3v) is 4.09. The van der Waals surface area contributed by atoms with Crippen molar-refractivity contribution < 1.29 is 4.79 Å². The number of carbonyl (C=O) groups excluding carboxylic acids is 1. The summed E-state index contributed by atoms with van der Waals surface area (Å²) in [7, 11) is 0. The first-order valence-electron chi connectivity index (χ1n) is 8.59. The summed E-state index contributed by atoms with van der Waals surface area (Å²) in [4.78, 5) is 29.6. The molecule has 0 aliphatic carbocycles. The summed E-state index contributed by atoms with van der Waals surface area (Å²) in [6, 6.07) is 18.5. The smallest absolute Gasteiger partial charge is 0.254 e. The molecule has 2 aromatic carbocycles. The molecule has 3 rings (SSSR count). The van der Waals surface area contributed by atoms with E-state index in [1.807, 2.05) is 68.4 Å². The summed E-state index contributed by atoms with van der Waals surface area (Å²) < 4.78 is 1.41. The van der Waals surface area contributed by atoms with Crippen molar-refractivity contribution in [2.45, 2.75) is 26.8 Å². The monoisotopic (exact) mass is 347 g/mol. The zero-order chi connectivity index (χ0) is 18.5. The van der Waals surface area contributed by atoms with Crippen molar-refractivity contribution in [3.63, 3.8) is 0 Å². The number of hydrogen-bond acceptors (Lipinski definition) is 3. The van der Waals surface area contributed by atoms with Crippen molar-refractivity contribution in [1.82, 2.24) is 9.55 Å². The topological polar surface area (TPSA) is 64.0 Å². The average molecular weight is 347 g/mol. The number of benzene rings is 2. The van der Waals surface area contributed by atoms with Crippen LogP contribution in [0.5, 0.6) is 0 Å². The molecule has 3 aromatic rings. The predicted octanol–water partition coefficient (Wildman–Crippen LogP) is 3.42. The molecule has 0 saturated carbocycles. The first-order chi connectivity index (χ1) is 12.6. The van der Waals surface area contributed by atoms with E-state index in [4.69, 9.17) is 0 Å². The SMILES string of the molecule is CCc1cc(=O)n(CC(=O)Nc2ccc(C)cc2)c(-c2ccccc2)n1. The number of carbonyl (C=O) groups is 1. The molecule has 0 radical (unpaired) electrons. The second-order valence-corrected chi connectivity index (χ2v) is 6.13. The van der Waals surface area contributed by atoms with Gasteiger partial charge >= 0.3 is 0 Å². The van der Waals surface area contributed by atoms with Crippen LogP contribution in [-0.2, 0) is 17.8 Å². The lowest BCUT2D eigenvalue weighted by Gasteiger charge is -2.13. The zero-order valence-corrected chi connectivity index (χ0v) is 14.9. The molecule has 0 unspecified atom stereocenters. The van der Waals surface area contributed by atoms with Gasteiger partial charge < -0.3 is 5.32 Å². The van der Waals surface area contributed by atoms with E-state index in [2.05, 4.69) is 10.3 Å². The van der Waals surface area contributed by atoms with Crippen molar-refractivity contribution >= 4 is 11.6 Å². The fourth-order valence-corrected chi connectivity index (χ4v) is 2.68. The highest BCUT2D eigenvalue weighted by molar-refractivity contribution is 5.90. The molecule has 0 aliphatic heterocycles. The van der Waals surface area contributed by atoms with Gasteiger partial charge in [0.1, 0.15) is 12.4 Å². The van der Waals surface area contributed by atoms with Crippen molar-refractivity contribution in [2.24, 2.45) is 0 Å². The summed E-state index contributed by atoms with van der Waals surface area (Å²) in [6.07, 6.45) is 0.658. The van der Waals surface area contributed by atoms with Crippen LogP contribution in [0.3, 0.4) is 0 Å². The van der Waals surface area contributed by atoms with E-state index in [1.165, 1.54) is 10.6 Å². The highest BCUT2D eigenvalue weighted by atomic mass is 16.2.